The number of benzene rings is 4. The number of nitrogens with one attached hydrogen (secondary N) is 1. The molecule has 0 heterocycles. The number of fused-ring (bicyclic) bond motifs is 1. The average Bonchev–Trinajstić information content (AvgIpc) is 2.80. The second kappa shape index (κ2) is 9.56. The van der Waals surface area contributed by atoms with Crippen LogP contribution in [0.1, 0.15) is 21.5 Å². The number of hydrogen-bond donors (Lipinski definition) is 1. The van der Waals surface area contributed by atoms with Gasteiger partial charge in [0.25, 0.3) is 5.91 Å². The lowest BCUT2D eigenvalue weighted by atomic mass is 10.1. The highest BCUT2D eigenvalue weighted by Crippen LogP contribution is 2.25. The Morgan fingerprint density at radius 3 is 2.42 bits per heavy atom. The molecular weight excluding hydrogens is 504 g/mol. The van der Waals surface area contributed by atoms with Crippen LogP contribution in [0.4, 0.5) is 0 Å². The second-order valence-corrected chi connectivity index (χ2v) is 9.76. The highest BCUT2D eigenvalue weighted by atomic mass is 79.9. The van der Waals surface area contributed by atoms with Gasteiger partial charge in [0.05, 0.1) is 6.21 Å². The van der Waals surface area contributed by atoms with Crippen molar-refractivity contribution in [3.8, 4) is 5.75 Å². The van der Waals surface area contributed by atoms with E-state index in [1.54, 1.807) is 36.4 Å². The van der Waals surface area contributed by atoms with Gasteiger partial charge >= 0.3 is 10.1 Å². The average molecular weight is 523 g/mol. The zero-order chi connectivity index (χ0) is 23.4. The minimum absolute atomic E-state index is 0.0449. The summed E-state index contributed by atoms with van der Waals surface area (Å²) in [6.07, 6.45) is 1.34. The first-order chi connectivity index (χ1) is 15.8. The van der Waals surface area contributed by atoms with Gasteiger partial charge in [-0.15, -0.1) is 0 Å². The van der Waals surface area contributed by atoms with Crippen molar-refractivity contribution in [2.24, 2.45) is 5.10 Å². The number of rotatable bonds is 6. The topological polar surface area (TPSA) is 84.8 Å². The SMILES string of the molecule is Cc1ccc(S(=O)(=O)Oc2ccc(Br)cc2/C=N/NC(=O)c2ccc3ccccc3c2)cc1. The summed E-state index contributed by atoms with van der Waals surface area (Å²) in [6, 6.07) is 24.3. The highest BCUT2D eigenvalue weighted by Gasteiger charge is 2.18. The summed E-state index contributed by atoms with van der Waals surface area (Å²) < 4.78 is 31.4. The van der Waals surface area contributed by atoms with Gasteiger partial charge in [0.2, 0.25) is 0 Å². The number of hydrogen-bond acceptors (Lipinski definition) is 5. The van der Waals surface area contributed by atoms with E-state index < -0.39 is 10.1 Å². The predicted molar refractivity (Wildman–Crippen MR) is 132 cm³/mol. The lowest BCUT2D eigenvalue weighted by Crippen LogP contribution is -2.17. The van der Waals surface area contributed by atoms with Crippen LogP contribution in [0, 0.1) is 6.92 Å². The van der Waals surface area contributed by atoms with Gasteiger partial charge in [-0.3, -0.25) is 4.79 Å². The number of nitrogens with zero attached hydrogens (tertiary/aromatic N) is 1. The molecule has 0 fully saturated rings. The standard InChI is InChI=1S/C25H19BrN2O4S/c1-17-6-11-23(12-7-17)33(30,31)32-24-13-10-22(26)15-21(24)16-27-28-25(29)20-9-8-18-4-2-3-5-19(18)14-20/h2-16H,1H3,(H,28,29)/b27-16+. The third-order valence-corrected chi connectivity index (χ3v) is 6.60. The van der Waals surface area contributed by atoms with Crippen molar-refractivity contribution < 1.29 is 17.4 Å². The van der Waals surface area contributed by atoms with Crippen molar-refractivity contribution in [1.82, 2.24) is 5.43 Å². The summed E-state index contributed by atoms with van der Waals surface area (Å²) in [7, 11) is -4.03. The Morgan fingerprint density at radius 1 is 0.939 bits per heavy atom. The van der Waals surface area contributed by atoms with Gasteiger partial charge < -0.3 is 4.18 Å². The molecule has 4 aromatic rings. The fourth-order valence-electron chi connectivity index (χ4n) is 3.12. The third-order valence-electron chi connectivity index (χ3n) is 4.86. The molecule has 0 aliphatic heterocycles. The molecule has 0 spiro atoms. The largest absolute Gasteiger partial charge is 0.378 e. The highest BCUT2D eigenvalue weighted by molar-refractivity contribution is 9.10. The van der Waals surface area contributed by atoms with Crippen LogP contribution in [0.15, 0.2) is 99.4 Å². The van der Waals surface area contributed by atoms with E-state index in [2.05, 4.69) is 26.5 Å². The molecule has 0 unspecified atom stereocenters. The van der Waals surface area contributed by atoms with Crippen LogP contribution in [0.5, 0.6) is 5.75 Å². The summed E-state index contributed by atoms with van der Waals surface area (Å²) in [5, 5.41) is 5.97. The molecule has 0 saturated carbocycles. The van der Waals surface area contributed by atoms with E-state index in [9.17, 15) is 13.2 Å². The van der Waals surface area contributed by atoms with Crippen molar-refractivity contribution in [2.45, 2.75) is 11.8 Å². The maximum Gasteiger partial charge on any atom is 0.339 e. The molecule has 0 bridgehead atoms. The van der Waals surface area contributed by atoms with E-state index in [1.807, 2.05) is 37.3 Å². The van der Waals surface area contributed by atoms with Gasteiger partial charge in [-0.1, -0.05) is 64.0 Å². The van der Waals surface area contributed by atoms with Crippen LogP contribution in [-0.4, -0.2) is 20.5 Å². The molecule has 0 saturated heterocycles. The zero-order valence-electron chi connectivity index (χ0n) is 17.5. The van der Waals surface area contributed by atoms with Crippen molar-refractivity contribution in [3.05, 3.63) is 106 Å². The Bertz CT molecular complexity index is 1470. The van der Waals surface area contributed by atoms with Gasteiger partial charge in [-0.2, -0.15) is 13.5 Å². The fraction of sp³-hybridized carbons (Fsp3) is 0.0400. The van der Waals surface area contributed by atoms with E-state index in [4.69, 9.17) is 4.18 Å². The number of halogens is 1. The molecule has 33 heavy (non-hydrogen) atoms. The molecular formula is C25H19BrN2O4S. The van der Waals surface area contributed by atoms with E-state index >= 15 is 0 Å². The Morgan fingerprint density at radius 2 is 1.67 bits per heavy atom. The lowest BCUT2D eigenvalue weighted by molar-refractivity contribution is 0.0955. The normalized spacial score (nSPS) is 11.6. The minimum atomic E-state index is -4.03. The Balaban J connectivity index is 1.53. The molecule has 6 nitrogen and oxygen atoms in total. The molecule has 8 heteroatoms. The van der Waals surface area contributed by atoms with Crippen molar-refractivity contribution in [3.63, 3.8) is 0 Å². The second-order valence-electron chi connectivity index (χ2n) is 7.29. The van der Waals surface area contributed by atoms with Crippen molar-refractivity contribution in [2.75, 3.05) is 0 Å². The summed E-state index contributed by atoms with van der Waals surface area (Å²) in [6.45, 7) is 1.87. The lowest BCUT2D eigenvalue weighted by Gasteiger charge is -2.10. The van der Waals surface area contributed by atoms with Crippen LogP contribution >= 0.6 is 15.9 Å². The summed E-state index contributed by atoms with van der Waals surface area (Å²) in [4.78, 5) is 12.6. The fourth-order valence-corrected chi connectivity index (χ4v) is 4.46. The molecule has 4 rings (SSSR count). The van der Waals surface area contributed by atoms with Crippen LogP contribution in [0.25, 0.3) is 10.8 Å². The molecule has 0 aliphatic carbocycles. The molecule has 0 aliphatic rings. The van der Waals surface area contributed by atoms with Crippen molar-refractivity contribution >= 4 is 48.9 Å². The number of hydrazone groups is 1. The molecule has 0 atom stereocenters. The van der Waals surface area contributed by atoms with Gasteiger partial charge in [0.15, 0.2) is 5.75 Å². The van der Waals surface area contributed by atoms with Gasteiger partial charge in [0.1, 0.15) is 4.90 Å². The minimum Gasteiger partial charge on any atom is -0.378 e. The molecule has 0 aromatic heterocycles. The summed E-state index contributed by atoms with van der Waals surface area (Å²) >= 11 is 3.36. The number of carbonyl (C=O) groups is 1. The van der Waals surface area contributed by atoms with Gasteiger partial charge in [-0.25, -0.2) is 5.43 Å². The first kappa shape index (κ1) is 22.7. The third kappa shape index (κ3) is 5.47. The van der Waals surface area contributed by atoms with E-state index in [0.717, 1.165) is 16.3 Å². The number of amides is 1. The predicted octanol–water partition coefficient (Wildman–Crippen LogP) is 5.44. The van der Waals surface area contributed by atoms with Gasteiger partial charge in [0, 0.05) is 15.6 Å². The smallest absolute Gasteiger partial charge is 0.339 e. The summed E-state index contributed by atoms with van der Waals surface area (Å²) in [5.74, 6) is -0.302. The molecule has 0 radical (unpaired) electrons. The number of aryl methyl sites for hydroxylation is 1. The Kier molecular flexibility index (Phi) is 6.57. The van der Waals surface area contributed by atoms with E-state index in [-0.39, 0.29) is 16.6 Å². The monoisotopic (exact) mass is 522 g/mol. The Labute approximate surface area is 200 Å². The molecule has 166 valence electrons. The van der Waals surface area contributed by atoms with Crippen LogP contribution in [0.3, 0.4) is 0 Å². The van der Waals surface area contributed by atoms with E-state index in [0.29, 0.717) is 15.6 Å². The van der Waals surface area contributed by atoms with Crippen LogP contribution in [0.2, 0.25) is 0 Å². The molecule has 1 N–H and O–H groups in total. The summed E-state index contributed by atoms with van der Waals surface area (Å²) in [5.41, 5.74) is 4.24. The number of carbonyl (C=O) groups excluding carboxylic acids is 1. The maximum atomic E-state index is 12.7. The first-order valence-corrected chi connectivity index (χ1v) is 12.1. The first-order valence-electron chi connectivity index (χ1n) is 9.95. The van der Waals surface area contributed by atoms with E-state index in [1.165, 1.54) is 24.4 Å². The zero-order valence-corrected chi connectivity index (χ0v) is 19.9. The maximum absolute atomic E-state index is 12.7. The van der Waals surface area contributed by atoms with Crippen LogP contribution in [-0.2, 0) is 10.1 Å². The van der Waals surface area contributed by atoms with Crippen LogP contribution < -0.4 is 9.61 Å². The van der Waals surface area contributed by atoms with Crippen molar-refractivity contribution in [1.29, 1.82) is 0 Å². The van der Waals surface area contributed by atoms with Gasteiger partial charge in [-0.05, 0) is 60.2 Å². The molecule has 1 amide bonds. The molecule has 4 aromatic carbocycles. The quantitative estimate of drug-likeness (QED) is 0.207. The Hall–Kier alpha value is -3.49.